The molecule has 0 heterocycles. The lowest BCUT2D eigenvalue weighted by Crippen LogP contribution is -2.51. The number of carboxylic acids is 1. The molecule has 7 heteroatoms. The topological polar surface area (TPSA) is 105 Å². The van der Waals surface area contributed by atoms with Gasteiger partial charge in [-0.15, -0.1) is 0 Å². The van der Waals surface area contributed by atoms with Crippen molar-refractivity contribution >= 4 is 18.0 Å². The van der Waals surface area contributed by atoms with Crippen molar-refractivity contribution in [1.29, 1.82) is 0 Å². The molecule has 2 aliphatic rings. The summed E-state index contributed by atoms with van der Waals surface area (Å²) in [7, 11) is 0. The van der Waals surface area contributed by atoms with Gasteiger partial charge in [0.2, 0.25) is 5.91 Å². The predicted molar refractivity (Wildman–Crippen MR) is 119 cm³/mol. The summed E-state index contributed by atoms with van der Waals surface area (Å²) in [6.07, 6.45) is 2.09. The first-order valence-corrected chi connectivity index (χ1v) is 11.1. The van der Waals surface area contributed by atoms with Gasteiger partial charge in [-0.05, 0) is 41.0 Å². The second-order valence-electron chi connectivity index (χ2n) is 8.51. The quantitative estimate of drug-likeness (QED) is 0.556. The third kappa shape index (κ3) is 4.77. The van der Waals surface area contributed by atoms with Crippen LogP contribution >= 0.6 is 0 Å². The fourth-order valence-electron chi connectivity index (χ4n) is 4.31. The zero-order valence-electron chi connectivity index (χ0n) is 18.0. The highest BCUT2D eigenvalue weighted by atomic mass is 16.5. The fourth-order valence-corrected chi connectivity index (χ4v) is 4.31. The average molecular weight is 437 g/mol. The highest BCUT2D eigenvalue weighted by Crippen LogP contribution is 2.44. The first-order valence-electron chi connectivity index (χ1n) is 11.1. The maximum absolute atomic E-state index is 12.7. The summed E-state index contributed by atoms with van der Waals surface area (Å²) in [5.74, 6) is -1.28. The Hall–Kier alpha value is -3.35. The molecule has 0 radical (unpaired) electrons. The van der Waals surface area contributed by atoms with Crippen molar-refractivity contribution in [3.63, 3.8) is 0 Å². The molecule has 0 spiro atoms. The van der Waals surface area contributed by atoms with Crippen LogP contribution in [0.25, 0.3) is 11.1 Å². The summed E-state index contributed by atoms with van der Waals surface area (Å²) in [4.78, 5) is 36.5. The normalized spacial score (nSPS) is 16.4. The zero-order chi connectivity index (χ0) is 22.7. The van der Waals surface area contributed by atoms with Crippen molar-refractivity contribution in [2.75, 3.05) is 6.61 Å². The Labute approximate surface area is 187 Å². The van der Waals surface area contributed by atoms with Crippen LogP contribution in [0, 0.1) is 5.92 Å². The largest absolute Gasteiger partial charge is 0.480 e. The molecule has 0 bridgehead atoms. The number of ether oxygens (including phenoxy) is 1. The van der Waals surface area contributed by atoms with E-state index >= 15 is 0 Å². The second kappa shape index (κ2) is 9.42. The molecule has 0 unspecified atom stereocenters. The minimum atomic E-state index is -1.09. The minimum absolute atomic E-state index is 0.0691. The Kier molecular flexibility index (Phi) is 6.44. The monoisotopic (exact) mass is 436 g/mol. The SMILES string of the molecule is CC[C@@H](NC(=O)[C@H](CC1CC1)NC(=O)OCC1c2ccccc2-c2ccccc21)C(=O)O. The van der Waals surface area contributed by atoms with Crippen LogP contribution in [0.3, 0.4) is 0 Å². The van der Waals surface area contributed by atoms with Gasteiger partial charge in [0, 0.05) is 5.92 Å². The molecular weight excluding hydrogens is 408 g/mol. The molecule has 2 aromatic carbocycles. The lowest BCUT2D eigenvalue weighted by Gasteiger charge is -2.21. The van der Waals surface area contributed by atoms with E-state index in [1.165, 1.54) is 0 Å². The number of benzene rings is 2. The van der Waals surface area contributed by atoms with Crippen LogP contribution < -0.4 is 10.6 Å². The molecule has 1 saturated carbocycles. The second-order valence-corrected chi connectivity index (χ2v) is 8.51. The first kappa shape index (κ1) is 21.9. The summed E-state index contributed by atoms with van der Waals surface area (Å²) in [6, 6.07) is 14.4. The molecule has 2 amide bonds. The average Bonchev–Trinajstić information content (AvgIpc) is 3.55. The van der Waals surface area contributed by atoms with E-state index in [4.69, 9.17) is 4.74 Å². The minimum Gasteiger partial charge on any atom is -0.480 e. The third-order valence-corrected chi connectivity index (χ3v) is 6.24. The van der Waals surface area contributed by atoms with Crippen LogP contribution in [0.2, 0.25) is 0 Å². The van der Waals surface area contributed by atoms with E-state index in [0.717, 1.165) is 35.1 Å². The molecule has 0 aliphatic heterocycles. The molecule has 168 valence electrons. The summed E-state index contributed by atoms with van der Waals surface area (Å²) < 4.78 is 5.55. The van der Waals surface area contributed by atoms with Crippen LogP contribution in [0.15, 0.2) is 48.5 Å². The number of aliphatic carboxylic acids is 1. The molecule has 2 atom stereocenters. The number of carbonyl (C=O) groups excluding carboxylic acids is 2. The van der Waals surface area contributed by atoms with Gasteiger partial charge < -0.3 is 20.5 Å². The van der Waals surface area contributed by atoms with Gasteiger partial charge >= 0.3 is 12.1 Å². The summed E-state index contributed by atoms with van der Waals surface area (Å²) >= 11 is 0. The van der Waals surface area contributed by atoms with Gasteiger partial charge in [-0.3, -0.25) is 4.79 Å². The maximum atomic E-state index is 12.7. The first-order chi connectivity index (χ1) is 15.5. The van der Waals surface area contributed by atoms with Gasteiger partial charge in [-0.2, -0.15) is 0 Å². The van der Waals surface area contributed by atoms with Gasteiger partial charge in [-0.25, -0.2) is 9.59 Å². The molecule has 32 heavy (non-hydrogen) atoms. The number of hydrogen-bond acceptors (Lipinski definition) is 4. The Bertz CT molecular complexity index is 971. The van der Waals surface area contributed by atoms with Crippen molar-refractivity contribution in [1.82, 2.24) is 10.6 Å². The predicted octanol–water partition coefficient (Wildman–Crippen LogP) is 3.67. The van der Waals surface area contributed by atoms with E-state index < -0.39 is 30.1 Å². The lowest BCUT2D eigenvalue weighted by atomic mass is 9.98. The van der Waals surface area contributed by atoms with E-state index in [2.05, 4.69) is 22.8 Å². The fraction of sp³-hybridized carbons (Fsp3) is 0.400. The van der Waals surface area contributed by atoms with Gasteiger partial charge in [0.1, 0.15) is 18.7 Å². The van der Waals surface area contributed by atoms with Crippen LogP contribution in [0.4, 0.5) is 4.79 Å². The maximum Gasteiger partial charge on any atom is 0.407 e. The van der Waals surface area contributed by atoms with Crippen molar-refractivity contribution in [3.05, 3.63) is 59.7 Å². The van der Waals surface area contributed by atoms with Gasteiger partial charge in [0.25, 0.3) is 0 Å². The Morgan fingerprint density at radius 1 is 0.969 bits per heavy atom. The summed E-state index contributed by atoms with van der Waals surface area (Å²) in [5, 5.41) is 14.4. The van der Waals surface area contributed by atoms with E-state index in [0.29, 0.717) is 12.3 Å². The number of nitrogens with one attached hydrogen (secondary N) is 2. The smallest absolute Gasteiger partial charge is 0.407 e. The number of carbonyl (C=O) groups is 3. The zero-order valence-corrected chi connectivity index (χ0v) is 18.0. The summed E-state index contributed by atoms with van der Waals surface area (Å²) in [5.41, 5.74) is 4.51. The standard InChI is InChI=1S/C25H28N2O5/c1-2-21(24(29)30)26-23(28)22(13-15-11-12-15)27-25(31)32-14-20-18-9-5-3-7-16(18)17-8-4-6-10-19(17)20/h3-10,15,20-22H,2,11-14H2,1H3,(H,26,28)(H,27,31)(H,29,30)/t21-,22+/m1/s1. The molecule has 0 aromatic heterocycles. The summed E-state index contributed by atoms with van der Waals surface area (Å²) in [6.45, 7) is 1.85. The highest BCUT2D eigenvalue weighted by molar-refractivity contribution is 5.89. The van der Waals surface area contributed by atoms with Crippen LogP contribution in [-0.4, -0.2) is 41.8 Å². The molecule has 2 aromatic rings. The van der Waals surface area contributed by atoms with E-state index in [-0.39, 0.29) is 18.9 Å². The molecule has 7 nitrogen and oxygen atoms in total. The number of rotatable bonds is 9. The number of fused-ring (bicyclic) bond motifs is 3. The van der Waals surface area contributed by atoms with Crippen molar-refractivity contribution in [2.24, 2.45) is 5.92 Å². The number of amides is 2. The van der Waals surface area contributed by atoms with Crippen molar-refractivity contribution in [2.45, 2.75) is 50.6 Å². The van der Waals surface area contributed by atoms with E-state index in [9.17, 15) is 19.5 Å². The van der Waals surface area contributed by atoms with Gasteiger partial charge in [-0.1, -0.05) is 68.3 Å². The molecule has 2 aliphatic carbocycles. The Morgan fingerprint density at radius 2 is 1.56 bits per heavy atom. The van der Waals surface area contributed by atoms with Crippen LogP contribution in [0.1, 0.15) is 49.7 Å². The third-order valence-electron chi connectivity index (χ3n) is 6.24. The molecule has 0 saturated heterocycles. The van der Waals surface area contributed by atoms with Crippen LogP contribution in [0.5, 0.6) is 0 Å². The van der Waals surface area contributed by atoms with Gasteiger partial charge in [0.05, 0.1) is 0 Å². The number of carboxylic acid groups (broad SMARTS) is 1. The van der Waals surface area contributed by atoms with Crippen molar-refractivity contribution < 1.29 is 24.2 Å². The van der Waals surface area contributed by atoms with Gasteiger partial charge in [0.15, 0.2) is 0 Å². The van der Waals surface area contributed by atoms with E-state index in [1.54, 1.807) is 6.92 Å². The Balaban J connectivity index is 1.40. The number of alkyl carbamates (subject to hydrolysis) is 1. The number of hydrogen-bond donors (Lipinski definition) is 3. The van der Waals surface area contributed by atoms with Crippen LogP contribution in [-0.2, 0) is 14.3 Å². The Morgan fingerprint density at radius 3 is 2.09 bits per heavy atom. The molecule has 4 rings (SSSR count). The highest BCUT2D eigenvalue weighted by Gasteiger charge is 2.33. The van der Waals surface area contributed by atoms with Crippen molar-refractivity contribution in [3.8, 4) is 11.1 Å². The molecule has 3 N–H and O–H groups in total. The van der Waals surface area contributed by atoms with E-state index in [1.807, 2.05) is 36.4 Å². The molecule has 1 fully saturated rings. The molecular formula is C25H28N2O5. The lowest BCUT2D eigenvalue weighted by molar-refractivity contribution is -0.142.